The standard InChI is InChI=1S/C28H38ClN3O4.C18H27ClN2.C9H11NO4/c1-34-25-17-22(18-26(35-2)27(25)36-3)30-28(33)31-23-6-4-5-7-24(23)32-14-12-20(13-15-32)16-19-8-10-21(29)11-9-19;19-16-7-5-14(6-8-16)13-15-9-11-21(12-10-15)18-4-2-1-3-17(18)20;1-12-7-4-6(10-11)5-8(13-2)9(7)14-3/h8-11,17-18,20,23-24H,4-7,12-16H2,1-3H3,(H2,30,31,33);5-8,15,17-18H,1-4,9-13,20H2;4-5H,1-3H3/t23-,24-;17-,18-;/m11./s1. The summed E-state index contributed by atoms with van der Waals surface area (Å²) in [5, 5.41) is 10.6. The van der Waals surface area contributed by atoms with Gasteiger partial charge in [-0.05, 0) is 143 Å². The minimum atomic E-state index is -0.209. The fraction of sp³-hybridized carbons (Fsp3) is 0.545. The lowest BCUT2D eigenvalue weighted by molar-refractivity contribution is 0.0859. The number of nitrogens with one attached hydrogen (secondary N) is 2. The maximum Gasteiger partial charge on any atom is 0.319 e. The monoisotopic (exact) mass is 1020 g/mol. The number of carbonyl (C=O) groups excluding carboxylic acids is 1. The lowest BCUT2D eigenvalue weighted by atomic mass is 9.85. The molecule has 4 aliphatic rings. The highest BCUT2D eigenvalue weighted by molar-refractivity contribution is 6.30. The number of urea groups is 1. The molecular formula is C55H76Cl2N6O8. The largest absolute Gasteiger partial charge is 0.493 e. The number of amides is 2. The number of nitrogens with two attached hydrogens (primary N) is 1. The van der Waals surface area contributed by atoms with E-state index in [4.69, 9.17) is 57.4 Å². The zero-order valence-electron chi connectivity index (χ0n) is 42.6. The van der Waals surface area contributed by atoms with Gasteiger partial charge >= 0.3 is 6.03 Å². The van der Waals surface area contributed by atoms with Crippen LogP contribution in [0.1, 0.15) is 88.2 Å². The summed E-state index contributed by atoms with van der Waals surface area (Å²) in [5.41, 5.74) is 9.94. The van der Waals surface area contributed by atoms with E-state index >= 15 is 0 Å². The van der Waals surface area contributed by atoms with Gasteiger partial charge in [-0.15, -0.1) is 4.91 Å². The van der Waals surface area contributed by atoms with Crippen molar-refractivity contribution in [2.75, 3.05) is 74.2 Å². The number of hydrogen-bond donors (Lipinski definition) is 3. The molecule has 14 nitrogen and oxygen atoms in total. The summed E-state index contributed by atoms with van der Waals surface area (Å²) in [4.78, 5) is 28.6. The summed E-state index contributed by atoms with van der Waals surface area (Å²) < 4.78 is 31.3. The van der Waals surface area contributed by atoms with Gasteiger partial charge < -0.3 is 44.8 Å². The molecule has 2 aliphatic heterocycles. The van der Waals surface area contributed by atoms with Gasteiger partial charge in [-0.1, -0.05) is 73.2 Å². The first kappa shape index (κ1) is 55.3. The zero-order chi connectivity index (χ0) is 50.7. The summed E-state index contributed by atoms with van der Waals surface area (Å²) in [6.45, 7) is 4.62. The number of likely N-dealkylation sites (tertiary alicyclic amines) is 2. The summed E-state index contributed by atoms with van der Waals surface area (Å²) in [6, 6.07) is 24.4. The molecule has 2 saturated heterocycles. The Bertz CT molecular complexity index is 2210. The molecule has 0 unspecified atom stereocenters. The smallest absolute Gasteiger partial charge is 0.319 e. The molecule has 0 aromatic heterocycles. The van der Waals surface area contributed by atoms with Gasteiger partial charge in [0, 0.05) is 58.5 Å². The van der Waals surface area contributed by atoms with Crippen LogP contribution in [0.5, 0.6) is 34.5 Å². The SMILES string of the molecule is COc1cc(N=O)cc(OC)c1OC.COc1cc(NC(=O)N[C@@H]2CCCC[C@H]2N2CCC(Cc3ccc(Cl)cc3)CC2)cc(OC)c1OC.N[C@@H]1CCCC[C@H]1N1CCC(Cc2ccc(Cl)cc2)CC1. The summed E-state index contributed by atoms with van der Waals surface area (Å²) in [6.07, 6.45) is 17.0. The summed E-state index contributed by atoms with van der Waals surface area (Å²) >= 11 is 12.0. The Morgan fingerprint density at radius 1 is 0.577 bits per heavy atom. The van der Waals surface area contributed by atoms with Crippen LogP contribution < -0.4 is 44.8 Å². The Morgan fingerprint density at radius 2 is 0.986 bits per heavy atom. The second-order valence-electron chi connectivity index (χ2n) is 19.1. The summed E-state index contributed by atoms with van der Waals surface area (Å²) in [7, 11) is 9.13. The van der Waals surface area contributed by atoms with Crippen molar-refractivity contribution in [1.29, 1.82) is 0 Å². The second kappa shape index (κ2) is 28.3. The molecule has 388 valence electrons. The van der Waals surface area contributed by atoms with Crippen molar-refractivity contribution in [1.82, 2.24) is 15.1 Å². The molecule has 2 saturated carbocycles. The van der Waals surface area contributed by atoms with Gasteiger partial charge in [0.05, 0.1) is 48.3 Å². The fourth-order valence-electron chi connectivity index (χ4n) is 10.8. The topological polar surface area (TPSA) is 158 Å². The molecule has 8 rings (SSSR count). The lowest BCUT2D eigenvalue weighted by Crippen LogP contribution is -2.55. The van der Waals surface area contributed by atoms with Crippen molar-refractivity contribution >= 4 is 40.6 Å². The van der Waals surface area contributed by atoms with E-state index in [1.165, 1.54) is 122 Å². The molecule has 0 bridgehead atoms. The van der Waals surface area contributed by atoms with Crippen LogP contribution in [-0.2, 0) is 12.8 Å². The Balaban J connectivity index is 0.000000198. The molecule has 2 heterocycles. The first-order chi connectivity index (χ1) is 34.5. The molecular weight excluding hydrogens is 944 g/mol. The van der Waals surface area contributed by atoms with E-state index in [1.807, 2.05) is 24.3 Å². The molecule has 2 aliphatic carbocycles. The van der Waals surface area contributed by atoms with E-state index in [0.29, 0.717) is 64.2 Å². The number of piperidine rings is 2. The number of rotatable bonds is 15. The van der Waals surface area contributed by atoms with Crippen LogP contribution in [0.3, 0.4) is 0 Å². The van der Waals surface area contributed by atoms with Crippen molar-refractivity contribution in [3.63, 3.8) is 0 Å². The number of hydrogen-bond acceptors (Lipinski definition) is 12. The first-order valence-electron chi connectivity index (χ1n) is 25.2. The molecule has 4 aromatic rings. The predicted octanol–water partition coefficient (Wildman–Crippen LogP) is 11.7. The Hall–Kier alpha value is -4.99. The highest BCUT2D eigenvalue weighted by Crippen LogP contribution is 2.42. The van der Waals surface area contributed by atoms with Crippen LogP contribution in [0, 0.1) is 16.7 Å². The van der Waals surface area contributed by atoms with E-state index in [-0.39, 0.29) is 17.8 Å². The van der Waals surface area contributed by atoms with Gasteiger partial charge in [0.2, 0.25) is 11.5 Å². The fourth-order valence-corrected chi connectivity index (χ4v) is 11.1. The minimum absolute atomic E-state index is 0.133. The predicted molar refractivity (Wildman–Crippen MR) is 285 cm³/mol. The molecule has 4 atom stereocenters. The number of halogens is 2. The highest BCUT2D eigenvalue weighted by Gasteiger charge is 2.34. The highest BCUT2D eigenvalue weighted by atomic mass is 35.5. The maximum atomic E-state index is 13.0. The minimum Gasteiger partial charge on any atom is -0.493 e. The number of benzene rings is 4. The second-order valence-corrected chi connectivity index (χ2v) is 20.0. The number of nitroso groups, excluding NO2 is 1. The Kier molecular flexibility index (Phi) is 22.1. The lowest BCUT2D eigenvalue weighted by Gasteiger charge is -2.43. The Labute approximate surface area is 431 Å². The Morgan fingerprint density at radius 3 is 1.41 bits per heavy atom. The number of ether oxygens (including phenoxy) is 6. The molecule has 4 N–H and O–H groups in total. The van der Waals surface area contributed by atoms with Crippen molar-refractivity contribution in [3.05, 3.63) is 98.9 Å². The third-order valence-electron chi connectivity index (χ3n) is 14.6. The molecule has 2 amide bonds. The van der Waals surface area contributed by atoms with Gasteiger partial charge in [-0.25, -0.2) is 4.79 Å². The molecule has 0 spiro atoms. The molecule has 4 aromatic carbocycles. The van der Waals surface area contributed by atoms with Crippen LogP contribution in [0.25, 0.3) is 0 Å². The normalized spacial score (nSPS) is 21.0. The van der Waals surface area contributed by atoms with Crippen LogP contribution in [0.2, 0.25) is 10.0 Å². The van der Waals surface area contributed by atoms with Crippen molar-refractivity contribution in [2.24, 2.45) is 22.7 Å². The van der Waals surface area contributed by atoms with Crippen molar-refractivity contribution in [2.45, 2.75) is 114 Å². The average molecular weight is 1020 g/mol. The van der Waals surface area contributed by atoms with Crippen LogP contribution in [-0.4, -0.2) is 109 Å². The average Bonchev–Trinajstić information content (AvgIpc) is 3.40. The number of methoxy groups -OCH3 is 6. The third-order valence-corrected chi connectivity index (χ3v) is 15.1. The van der Waals surface area contributed by atoms with Crippen LogP contribution in [0.15, 0.2) is 78.0 Å². The molecule has 0 radical (unpaired) electrons. The third kappa shape index (κ3) is 16.0. The molecule has 16 heteroatoms. The number of anilines is 1. The molecule has 71 heavy (non-hydrogen) atoms. The van der Waals surface area contributed by atoms with E-state index in [1.54, 1.807) is 33.5 Å². The quantitative estimate of drug-likeness (QED) is 0.0973. The van der Waals surface area contributed by atoms with Gasteiger partial charge in [0.1, 0.15) is 5.69 Å². The van der Waals surface area contributed by atoms with Crippen LogP contribution in [0.4, 0.5) is 16.2 Å². The van der Waals surface area contributed by atoms with Crippen molar-refractivity contribution < 1.29 is 33.2 Å². The van der Waals surface area contributed by atoms with Gasteiger partial charge in [0.15, 0.2) is 23.0 Å². The van der Waals surface area contributed by atoms with Gasteiger partial charge in [-0.3, -0.25) is 9.80 Å². The van der Waals surface area contributed by atoms with Crippen LogP contribution >= 0.6 is 23.2 Å². The van der Waals surface area contributed by atoms with E-state index < -0.39 is 0 Å². The van der Waals surface area contributed by atoms with E-state index in [0.717, 1.165) is 54.7 Å². The van der Waals surface area contributed by atoms with E-state index in [2.05, 4.69) is 49.9 Å². The maximum absolute atomic E-state index is 13.0. The zero-order valence-corrected chi connectivity index (χ0v) is 44.1. The van der Waals surface area contributed by atoms with Crippen molar-refractivity contribution in [3.8, 4) is 34.5 Å². The molecule has 4 fully saturated rings. The number of carbonyl (C=O) groups is 1. The van der Waals surface area contributed by atoms with Gasteiger partial charge in [0.25, 0.3) is 0 Å². The van der Waals surface area contributed by atoms with E-state index in [9.17, 15) is 9.70 Å². The van der Waals surface area contributed by atoms with Gasteiger partial charge in [-0.2, -0.15) is 0 Å². The first-order valence-corrected chi connectivity index (χ1v) is 26.0. The number of nitrogens with zero attached hydrogens (tertiary/aromatic N) is 3. The summed E-state index contributed by atoms with van der Waals surface area (Å²) in [5.74, 6) is 4.30.